The lowest BCUT2D eigenvalue weighted by Gasteiger charge is -2.05. The van der Waals surface area contributed by atoms with Crippen LogP contribution in [0.1, 0.15) is 0 Å². The van der Waals surface area contributed by atoms with Crippen LogP contribution in [0.5, 0.6) is 0 Å². The molecule has 1 heterocycles. The van der Waals surface area contributed by atoms with Gasteiger partial charge < -0.3 is 5.73 Å². The number of halogens is 2. The molecule has 0 aliphatic carbocycles. The summed E-state index contributed by atoms with van der Waals surface area (Å²) in [6.45, 7) is 0. The number of aromatic nitrogens is 2. The van der Waals surface area contributed by atoms with E-state index in [1.807, 2.05) is 24.4 Å². The molecule has 0 unspecified atom stereocenters. The Bertz CT molecular complexity index is 465. The lowest BCUT2D eigenvalue weighted by molar-refractivity contribution is 0.882. The summed E-state index contributed by atoms with van der Waals surface area (Å²) in [5.41, 5.74) is 7.57. The fraction of sp³-hybridized carbons (Fsp3) is 0. The van der Waals surface area contributed by atoms with Gasteiger partial charge in [0, 0.05) is 9.77 Å². The minimum Gasteiger partial charge on any atom is -0.397 e. The van der Waals surface area contributed by atoms with Crippen molar-refractivity contribution < 1.29 is 0 Å². The third-order valence-electron chi connectivity index (χ3n) is 1.79. The average Bonchev–Trinajstić information content (AvgIpc) is 2.51. The van der Waals surface area contributed by atoms with Crippen LogP contribution in [0.4, 0.5) is 5.69 Å². The first kappa shape index (κ1) is 10.2. The SMILES string of the molecule is Nc1cc(I)ccc1-n1cc(I)cn1. The summed E-state index contributed by atoms with van der Waals surface area (Å²) >= 11 is 4.46. The molecule has 0 radical (unpaired) electrons. The maximum absolute atomic E-state index is 5.89. The molecule has 0 saturated carbocycles. The van der Waals surface area contributed by atoms with Crippen LogP contribution < -0.4 is 5.73 Å². The number of nitrogen functional groups attached to an aromatic ring is 1. The molecule has 72 valence electrons. The summed E-state index contributed by atoms with van der Waals surface area (Å²) in [5, 5.41) is 4.20. The largest absolute Gasteiger partial charge is 0.397 e. The zero-order valence-electron chi connectivity index (χ0n) is 7.11. The van der Waals surface area contributed by atoms with E-state index in [0.717, 1.165) is 18.5 Å². The van der Waals surface area contributed by atoms with Crippen LogP contribution in [0.25, 0.3) is 5.69 Å². The van der Waals surface area contributed by atoms with Gasteiger partial charge in [0.15, 0.2) is 0 Å². The fourth-order valence-electron chi connectivity index (χ4n) is 1.17. The van der Waals surface area contributed by atoms with Crippen LogP contribution in [0, 0.1) is 7.14 Å². The second-order valence-electron chi connectivity index (χ2n) is 2.81. The van der Waals surface area contributed by atoms with E-state index in [4.69, 9.17) is 5.73 Å². The second-order valence-corrected chi connectivity index (χ2v) is 5.30. The van der Waals surface area contributed by atoms with Crippen LogP contribution >= 0.6 is 45.2 Å². The monoisotopic (exact) mass is 411 g/mol. The molecule has 0 saturated heterocycles. The van der Waals surface area contributed by atoms with Gasteiger partial charge in [-0.2, -0.15) is 5.10 Å². The summed E-state index contributed by atoms with van der Waals surface area (Å²) in [7, 11) is 0. The maximum Gasteiger partial charge on any atom is 0.0875 e. The number of nitrogens with two attached hydrogens (primary N) is 1. The van der Waals surface area contributed by atoms with Crippen LogP contribution in [0.15, 0.2) is 30.6 Å². The van der Waals surface area contributed by atoms with Gasteiger partial charge in [0.25, 0.3) is 0 Å². The van der Waals surface area contributed by atoms with E-state index in [1.165, 1.54) is 0 Å². The van der Waals surface area contributed by atoms with Crippen LogP contribution in [0.3, 0.4) is 0 Å². The maximum atomic E-state index is 5.89. The number of benzene rings is 1. The van der Waals surface area contributed by atoms with Gasteiger partial charge in [-0.1, -0.05) is 0 Å². The number of hydrogen-bond donors (Lipinski definition) is 1. The van der Waals surface area contributed by atoms with Crippen molar-refractivity contribution in [2.24, 2.45) is 0 Å². The highest BCUT2D eigenvalue weighted by Gasteiger charge is 2.03. The van der Waals surface area contributed by atoms with Crippen molar-refractivity contribution in [3.8, 4) is 5.69 Å². The number of hydrogen-bond acceptors (Lipinski definition) is 2. The minimum absolute atomic E-state index is 0.747. The van der Waals surface area contributed by atoms with E-state index in [9.17, 15) is 0 Å². The summed E-state index contributed by atoms with van der Waals surface area (Å²) in [6, 6.07) is 5.92. The lowest BCUT2D eigenvalue weighted by atomic mass is 10.3. The third kappa shape index (κ3) is 2.02. The molecule has 2 rings (SSSR count). The molecule has 1 aromatic heterocycles. The number of nitrogens with zero attached hydrogens (tertiary/aromatic N) is 2. The Balaban J connectivity index is 2.52. The van der Waals surface area contributed by atoms with E-state index in [2.05, 4.69) is 50.3 Å². The highest BCUT2D eigenvalue weighted by Crippen LogP contribution is 2.19. The van der Waals surface area contributed by atoms with Crippen molar-refractivity contribution in [2.75, 3.05) is 5.73 Å². The van der Waals surface area contributed by atoms with Gasteiger partial charge in [0.2, 0.25) is 0 Å². The van der Waals surface area contributed by atoms with Crippen LogP contribution in [0.2, 0.25) is 0 Å². The zero-order valence-corrected chi connectivity index (χ0v) is 11.4. The molecule has 3 nitrogen and oxygen atoms in total. The Labute approximate surface area is 109 Å². The third-order valence-corrected chi connectivity index (χ3v) is 3.02. The predicted molar refractivity (Wildman–Crippen MR) is 73.4 cm³/mol. The smallest absolute Gasteiger partial charge is 0.0875 e. The molecule has 0 fully saturated rings. The quantitative estimate of drug-likeness (QED) is 0.580. The minimum atomic E-state index is 0.747. The first-order chi connectivity index (χ1) is 6.66. The molecule has 0 amide bonds. The summed E-state index contributed by atoms with van der Waals surface area (Å²) in [6.07, 6.45) is 3.75. The molecule has 5 heteroatoms. The summed E-state index contributed by atoms with van der Waals surface area (Å²) < 4.78 is 4.01. The standard InChI is InChI=1S/C9H7I2N3/c10-6-1-2-9(8(12)3-6)14-5-7(11)4-13-14/h1-5H,12H2. The fourth-order valence-corrected chi connectivity index (χ4v) is 2.07. The molecule has 0 aliphatic rings. The first-order valence-electron chi connectivity index (χ1n) is 3.92. The summed E-state index contributed by atoms with van der Waals surface area (Å²) in [4.78, 5) is 0. The molecule has 0 aliphatic heterocycles. The molecule has 0 bridgehead atoms. The Hall–Kier alpha value is -0.310. The molecule has 0 atom stereocenters. The molecular formula is C9H7I2N3. The van der Waals surface area contributed by atoms with E-state index < -0.39 is 0 Å². The lowest BCUT2D eigenvalue weighted by Crippen LogP contribution is -2.00. The van der Waals surface area contributed by atoms with Crippen molar-refractivity contribution >= 4 is 50.9 Å². The average molecular weight is 411 g/mol. The van der Waals surface area contributed by atoms with Crippen molar-refractivity contribution in [2.45, 2.75) is 0 Å². The van der Waals surface area contributed by atoms with Gasteiger partial charge in [0.1, 0.15) is 0 Å². The van der Waals surface area contributed by atoms with Crippen molar-refractivity contribution in [3.05, 3.63) is 37.7 Å². The van der Waals surface area contributed by atoms with Crippen molar-refractivity contribution in [1.82, 2.24) is 9.78 Å². The molecule has 2 aromatic rings. The Morgan fingerprint density at radius 3 is 2.57 bits per heavy atom. The van der Waals surface area contributed by atoms with Gasteiger partial charge in [-0.25, -0.2) is 4.68 Å². The number of anilines is 1. The molecule has 2 N–H and O–H groups in total. The Morgan fingerprint density at radius 2 is 2.00 bits per heavy atom. The van der Waals surface area contributed by atoms with Gasteiger partial charge in [-0.05, 0) is 63.4 Å². The normalized spacial score (nSPS) is 10.4. The number of rotatable bonds is 1. The molecule has 1 aromatic carbocycles. The van der Waals surface area contributed by atoms with Gasteiger partial charge in [-0.15, -0.1) is 0 Å². The topological polar surface area (TPSA) is 43.8 Å². The Kier molecular flexibility index (Phi) is 2.96. The molecule has 0 spiro atoms. The molecular weight excluding hydrogens is 404 g/mol. The van der Waals surface area contributed by atoms with E-state index in [-0.39, 0.29) is 0 Å². The van der Waals surface area contributed by atoms with Crippen molar-refractivity contribution in [3.63, 3.8) is 0 Å². The predicted octanol–water partition coefficient (Wildman–Crippen LogP) is 2.66. The van der Waals surface area contributed by atoms with E-state index in [0.29, 0.717) is 0 Å². The van der Waals surface area contributed by atoms with Gasteiger partial charge in [0.05, 0.1) is 21.1 Å². The van der Waals surface area contributed by atoms with Crippen molar-refractivity contribution in [1.29, 1.82) is 0 Å². The van der Waals surface area contributed by atoms with Crippen LogP contribution in [-0.4, -0.2) is 9.78 Å². The van der Waals surface area contributed by atoms with E-state index in [1.54, 1.807) is 10.9 Å². The highest BCUT2D eigenvalue weighted by atomic mass is 127. The summed E-state index contributed by atoms with van der Waals surface area (Å²) in [5.74, 6) is 0. The van der Waals surface area contributed by atoms with Gasteiger partial charge >= 0.3 is 0 Å². The van der Waals surface area contributed by atoms with E-state index >= 15 is 0 Å². The Morgan fingerprint density at radius 1 is 1.21 bits per heavy atom. The first-order valence-corrected chi connectivity index (χ1v) is 6.08. The van der Waals surface area contributed by atoms with Gasteiger partial charge in [-0.3, -0.25) is 0 Å². The zero-order chi connectivity index (χ0) is 10.1. The highest BCUT2D eigenvalue weighted by molar-refractivity contribution is 14.1. The van der Waals surface area contributed by atoms with Crippen LogP contribution in [-0.2, 0) is 0 Å². The molecule has 14 heavy (non-hydrogen) atoms. The second kappa shape index (κ2) is 4.05.